The molecule has 4 atom stereocenters. The molecule has 0 unspecified atom stereocenters. The Morgan fingerprint density at radius 3 is 1.69 bits per heavy atom. The Balaban J connectivity index is 1.75. The Morgan fingerprint density at radius 1 is 0.808 bits per heavy atom. The van der Waals surface area contributed by atoms with Crippen LogP contribution in [0.5, 0.6) is 0 Å². The normalized spacial score (nSPS) is 29.5. The number of hydrogen-bond donors (Lipinski definition) is 0. The molecule has 0 aromatic carbocycles. The lowest BCUT2D eigenvalue weighted by molar-refractivity contribution is 0.0492. The van der Waals surface area contributed by atoms with Crippen LogP contribution in [0.15, 0.2) is 18.3 Å². The second-order valence-electron chi connectivity index (χ2n) is 8.11. The molecule has 3 rings (SSSR count). The summed E-state index contributed by atoms with van der Waals surface area (Å²) in [5, 5.41) is 0. The molecule has 5 heteroatoms. The van der Waals surface area contributed by atoms with E-state index >= 15 is 0 Å². The monoisotopic (exact) mass is 357 g/mol. The lowest BCUT2D eigenvalue weighted by Gasteiger charge is -2.39. The van der Waals surface area contributed by atoms with Gasteiger partial charge in [0.15, 0.2) is 0 Å². The van der Waals surface area contributed by atoms with Crippen LogP contribution in [0.1, 0.15) is 87.1 Å². The number of carbonyl (C=O) groups is 2. The fourth-order valence-electron chi connectivity index (χ4n) is 4.57. The van der Waals surface area contributed by atoms with Crippen molar-refractivity contribution < 1.29 is 9.59 Å². The molecule has 2 saturated heterocycles. The van der Waals surface area contributed by atoms with Crippen LogP contribution < -0.4 is 0 Å². The van der Waals surface area contributed by atoms with E-state index in [0.29, 0.717) is 11.3 Å². The van der Waals surface area contributed by atoms with Crippen molar-refractivity contribution in [2.45, 2.75) is 90.4 Å². The standard InChI is InChI=1S/C21H31N3O2/c1-14-7-5-8-15(2)23(14)20(25)18-11-12-19(22-13-18)21(26)24-16(3)9-6-10-17(24)4/h11-17H,5-10H2,1-4H3/t14-,15-,16-,17+/m1/s1. The third-order valence-electron chi connectivity index (χ3n) is 6.09. The smallest absolute Gasteiger partial charge is 0.272 e. The lowest BCUT2D eigenvalue weighted by atomic mass is 9.96. The SMILES string of the molecule is C[C@@H]1CCC[C@@H](C)N1C(=O)c1ccc(C(=O)N2[C@H](C)CCC[C@@H]2C)nc1. The topological polar surface area (TPSA) is 53.5 Å². The molecule has 5 nitrogen and oxygen atoms in total. The summed E-state index contributed by atoms with van der Waals surface area (Å²) in [6.07, 6.45) is 8.08. The molecule has 0 N–H and O–H groups in total. The van der Waals surface area contributed by atoms with Crippen LogP contribution in [0, 0.1) is 0 Å². The van der Waals surface area contributed by atoms with Gasteiger partial charge in [0.2, 0.25) is 0 Å². The van der Waals surface area contributed by atoms with Gasteiger partial charge in [-0.2, -0.15) is 0 Å². The summed E-state index contributed by atoms with van der Waals surface area (Å²) in [5.41, 5.74) is 1.00. The number of nitrogens with zero attached hydrogens (tertiary/aromatic N) is 3. The van der Waals surface area contributed by atoms with Gasteiger partial charge in [0, 0.05) is 30.4 Å². The summed E-state index contributed by atoms with van der Waals surface area (Å²) in [6.45, 7) is 8.42. The fraction of sp³-hybridized carbons (Fsp3) is 0.667. The summed E-state index contributed by atoms with van der Waals surface area (Å²) in [5.74, 6) is -0.000634. The number of hydrogen-bond acceptors (Lipinski definition) is 3. The second-order valence-corrected chi connectivity index (χ2v) is 8.11. The van der Waals surface area contributed by atoms with Crippen LogP contribution in [-0.4, -0.2) is 50.8 Å². The Morgan fingerprint density at radius 2 is 1.27 bits per heavy atom. The van der Waals surface area contributed by atoms with Gasteiger partial charge in [0.1, 0.15) is 5.69 Å². The average Bonchev–Trinajstić information content (AvgIpc) is 2.61. The van der Waals surface area contributed by atoms with Crippen LogP contribution in [0.3, 0.4) is 0 Å². The zero-order valence-electron chi connectivity index (χ0n) is 16.4. The Kier molecular flexibility index (Phi) is 5.64. The molecular weight excluding hydrogens is 326 g/mol. The maximum Gasteiger partial charge on any atom is 0.272 e. The third kappa shape index (κ3) is 3.62. The molecule has 1 aromatic rings. The summed E-state index contributed by atoms with van der Waals surface area (Å²) < 4.78 is 0. The first-order chi connectivity index (χ1) is 12.4. The molecule has 2 amide bonds. The van der Waals surface area contributed by atoms with E-state index in [9.17, 15) is 9.59 Å². The first-order valence-electron chi connectivity index (χ1n) is 10.0. The van der Waals surface area contributed by atoms with Crippen molar-refractivity contribution in [1.29, 1.82) is 0 Å². The zero-order chi connectivity index (χ0) is 18.8. The molecule has 142 valence electrons. The highest BCUT2D eigenvalue weighted by atomic mass is 16.2. The van der Waals surface area contributed by atoms with Crippen LogP contribution >= 0.6 is 0 Å². The van der Waals surface area contributed by atoms with Gasteiger partial charge < -0.3 is 9.80 Å². The molecule has 0 radical (unpaired) electrons. The molecule has 3 heterocycles. The summed E-state index contributed by atoms with van der Waals surface area (Å²) in [4.78, 5) is 34.0. The first-order valence-corrected chi connectivity index (χ1v) is 10.0. The van der Waals surface area contributed by atoms with E-state index in [-0.39, 0.29) is 36.0 Å². The minimum absolute atomic E-state index is 0.0240. The molecule has 0 saturated carbocycles. The predicted molar refractivity (Wildman–Crippen MR) is 102 cm³/mol. The Labute approximate surface area is 156 Å². The van der Waals surface area contributed by atoms with Gasteiger partial charge in [-0.1, -0.05) is 0 Å². The maximum absolute atomic E-state index is 12.9. The van der Waals surface area contributed by atoms with Gasteiger partial charge in [-0.05, 0) is 78.4 Å². The van der Waals surface area contributed by atoms with E-state index in [4.69, 9.17) is 0 Å². The molecule has 1 aromatic heterocycles. The van der Waals surface area contributed by atoms with E-state index in [1.165, 1.54) is 12.8 Å². The minimum Gasteiger partial charge on any atom is -0.333 e. The molecular formula is C21H31N3O2. The van der Waals surface area contributed by atoms with E-state index in [1.807, 2.05) is 9.80 Å². The maximum atomic E-state index is 12.9. The number of rotatable bonds is 2. The van der Waals surface area contributed by atoms with Crippen molar-refractivity contribution in [3.05, 3.63) is 29.6 Å². The molecule has 0 spiro atoms. The third-order valence-corrected chi connectivity index (χ3v) is 6.09. The van der Waals surface area contributed by atoms with Crippen molar-refractivity contribution in [2.75, 3.05) is 0 Å². The van der Waals surface area contributed by atoms with Crippen LogP contribution in [-0.2, 0) is 0 Å². The molecule has 26 heavy (non-hydrogen) atoms. The van der Waals surface area contributed by atoms with Gasteiger partial charge >= 0.3 is 0 Å². The van der Waals surface area contributed by atoms with Crippen molar-refractivity contribution in [1.82, 2.24) is 14.8 Å². The van der Waals surface area contributed by atoms with Gasteiger partial charge in [-0.15, -0.1) is 0 Å². The molecule has 2 aliphatic heterocycles. The van der Waals surface area contributed by atoms with E-state index in [1.54, 1.807) is 18.3 Å². The van der Waals surface area contributed by atoms with E-state index < -0.39 is 0 Å². The molecule has 2 fully saturated rings. The number of likely N-dealkylation sites (tertiary alicyclic amines) is 2. The first kappa shape index (κ1) is 18.9. The number of carbonyl (C=O) groups excluding carboxylic acids is 2. The van der Waals surface area contributed by atoms with Crippen molar-refractivity contribution in [3.8, 4) is 0 Å². The largest absolute Gasteiger partial charge is 0.333 e. The molecule has 0 bridgehead atoms. The summed E-state index contributed by atoms with van der Waals surface area (Å²) in [6, 6.07) is 4.46. The highest BCUT2D eigenvalue weighted by molar-refractivity contribution is 5.96. The minimum atomic E-state index is -0.0246. The second kappa shape index (κ2) is 7.77. The van der Waals surface area contributed by atoms with Crippen LogP contribution in [0.2, 0.25) is 0 Å². The number of pyridine rings is 1. The van der Waals surface area contributed by atoms with Gasteiger partial charge in [-0.25, -0.2) is 0 Å². The van der Waals surface area contributed by atoms with Crippen LogP contribution in [0.4, 0.5) is 0 Å². The van der Waals surface area contributed by atoms with E-state index in [0.717, 1.165) is 25.7 Å². The summed E-state index contributed by atoms with van der Waals surface area (Å²) in [7, 11) is 0. The highest BCUT2D eigenvalue weighted by Crippen LogP contribution is 2.26. The quantitative estimate of drug-likeness (QED) is 0.807. The highest BCUT2D eigenvalue weighted by Gasteiger charge is 2.32. The van der Waals surface area contributed by atoms with Crippen molar-refractivity contribution >= 4 is 11.8 Å². The van der Waals surface area contributed by atoms with Gasteiger partial charge in [-0.3, -0.25) is 14.6 Å². The van der Waals surface area contributed by atoms with Crippen molar-refractivity contribution in [3.63, 3.8) is 0 Å². The van der Waals surface area contributed by atoms with Crippen LogP contribution in [0.25, 0.3) is 0 Å². The number of piperidine rings is 2. The zero-order valence-corrected chi connectivity index (χ0v) is 16.4. The van der Waals surface area contributed by atoms with Crippen molar-refractivity contribution in [2.24, 2.45) is 0 Å². The van der Waals surface area contributed by atoms with Gasteiger partial charge in [0.05, 0.1) is 5.56 Å². The molecule has 2 aliphatic rings. The number of aromatic nitrogens is 1. The average molecular weight is 357 g/mol. The summed E-state index contributed by atoms with van der Waals surface area (Å²) >= 11 is 0. The Hall–Kier alpha value is -1.91. The number of amides is 2. The molecule has 0 aliphatic carbocycles. The van der Waals surface area contributed by atoms with Gasteiger partial charge in [0.25, 0.3) is 11.8 Å². The Bertz CT molecular complexity index is 581. The fourth-order valence-corrected chi connectivity index (χ4v) is 4.57. The lowest BCUT2D eigenvalue weighted by Crippen LogP contribution is -2.48. The van der Waals surface area contributed by atoms with E-state index in [2.05, 4.69) is 32.7 Å². The predicted octanol–water partition coefficient (Wildman–Crippen LogP) is 3.89.